The van der Waals surface area contributed by atoms with Gasteiger partial charge in [0.1, 0.15) is 0 Å². The molecule has 0 aromatic carbocycles. The van der Waals surface area contributed by atoms with Gasteiger partial charge in [0, 0.05) is 37.7 Å². The van der Waals surface area contributed by atoms with Crippen LogP contribution in [0, 0.1) is 0 Å². The SMILES string of the molecule is CN=C(NCc1ccnc(-n2cccn2)c1)NC(C)(C)C.I. The molecule has 0 saturated heterocycles. The first-order chi connectivity index (χ1) is 9.98. The number of nitrogens with one attached hydrogen (secondary N) is 2. The molecule has 2 heterocycles. The smallest absolute Gasteiger partial charge is 0.191 e. The van der Waals surface area contributed by atoms with Crippen molar-refractivity contribution < 1.29 is 0 Å². The quantitative estimate of drug-likeness (QED) is 0.460. The lowest BCUT2D eigenvalue weighted by atomic mass is 10.1. The summed E-state index contributed by atoms with van der Waals surface area (Å²) in [5.41, 5.74) is 1.09. The molecule has 2 rings (SSSR count). The maximum atomic E-state index is 4.32. The van der Waals surface area contributed by atoms with Crippen LogP contribution >= 0.6 is 24.0 Å². The van der Waals surface area contributed by atoms with Gasteiger partial charge in [0.2, 0.25) is 0 Å². The van der Waals surface area contributed by atoms with Gasteiger partial charge in [-0.2, -0.15) is 5.10 Å². The van der Waals surface area contributed by atoms with Gasteiger partial charge < -0.3 is 10.6 Å². The molecule has 0 aliphatic rings. The zero-order valence-electron chi connectivity index (χ0n) is 13.4. The van der Waals surface area contributed by atoms with E-state index in [-0.39, 0.29) is 29.5 Å². The Labute approximate surface area is 148 Å². The lowest BCUT2D eigenvalue weighted by Gasteiger charge is -2.23. The van der Waals surface area contributed by atoms with Crippen molar-refractivity contribution in [2.45, 2.75) is 32.9 Å². The predicted octanol–water partition coefficient (Wildman–Crippen LogP) is 2.35. The number of pyridine rings is 1. The van der Waals surface area contributed by atoms with Gasteiger partial charge >= 0.3 is 0 Å². The molecule has 0 amide bonds. The first kappa shape index (κ1) is 18.4. The Morgan fingerprint density at radius 3 is 2.68 bits per heavy atom. The monoisotopic (exact) mass is 414 g/mol. The third-order valence-electron chi connectivity index (χ3n) is 2.73. The van der Waals surface area contributed by atoms with E-state index in [0.717, 1.165) is 17.3 Å². The fourth-order valence-corrected chi connectivity index (χ4v) is 1.82. The van der Waals surface area contributed by atoms with E-state index in [1.807, 2.05) is 24.4 Å². The van der Waals surface area contributed by atoms with Gasteiger partial charge in [-0.05, 0) is 44.5 Å². The molecular formula is C15H23IN6. The summed E-state index contributed by atoms with van der Waals surface area (Å²) < 4.78 is 1.74. The van der Waals surface area contributed by atoms with E-state index in [1.165, 1.54) is 0 Å². The molecule has 0 spiro atoms. The highest BCUT2D eigenvalue weighted by atomic mass is 127. The van der Waals surface area contributed by atoms with Crippen molar-refractivity contribution in [3.05, 3.63) is 42.4 Å². The average Bonchev–Trinajstić information content (AvgIpc) is 2.96. The van der Waals surface area contributed by atoms with E-state index in [4.69, 9.17) is 0 Å². The molecule has 2 N–H and O–H groups in total. The van der Waals surface area contributed by atoms with Crippen molar-refractivity contribution in [2.75, 3.05) is 7.05 Å². The van der Waals surface area contributed by atoms with E-state index in [9.17, 15) is 0 Å². The van der Waals surface area contributed by atoms with Crippen LogP contribution in [-0.4, -0.2) is 33.3 Å². The van der Waals surface area contributed by atoms with Gasteiger partial charge in [-0.15, -0.1) is 24.0 Å². The Morgan fingerprint density at radius 1 is 1.32 bits per heavy atom. The molecule has 0 aliphatic carbocycles. The van der Waals surface area contributed by atoms with Crippen LogP contribution in [0.15, 0.2) is 41.8 Å². The summed E-state index contributed by atoms with van der Waals surface area (Å²) in [7, 11) is 1.77. The predicted molar refractivity (Wildman–Crippen MR) is 99.9 cm³/mol. The van der Waals surface area contributed by atoms with Crippen LogP contribution in [0.2, 0.25) is 0 Å². The van der Waals surface area contributed by atoms with Crippen LogP contribution in [0.1, 0.15) is 26.3 Å². The molecule has 0 unspecified atom stereocenters. The van der Waals surface area contributed by atoms with E-state index in [1.54, 1.807) is 24.1 Å². The van der Waals surface area contributed by atoms with Crippen LogP contribution < -0.4 is 10.6 Å². The van der Waals surface area contributed by atoms with Gasteiger partial charge in [0.15, 0.2) is 11.8 Å². The highest BCUT2D eigenvalue weighted by molar-refractivity contribution is 14.0. The number of halogens is 1. The van der Waals surface area contributed by atoms with Crippen molar-refractivity contribution in [3.63, 3.8) is 0 Å². The second kappa shape index (κ2) is 8.11. The summed E-state index contributed by atoms with van der Waals surface area (Å²) >= 11 is 0. The van der Waals surface area contributed by atoms with Crippen LogP contribution in [-0.2, 0) is 6.54 Å². The number of aromatic nitrogens is 3. The largest absolute Gasteiger partial charge is 0.352 e. The summed E-state index contributed by atoms with van der Waals surface area (Å²) in [4.78, 5) is 8.54. The second-order valence-electron chi connectivity index (χ2n) is 5.77. The van der Waals surface area contributed by atoms with E-state index in [0.29, 0.717) is 6.54 Å². The summed E-state index contributed by atoms with van der Waals surface area (Å²) in [6, 6.07) is 5.86. The van der Waals surface area contributed by atoms with Crippen LogP contribution in [0.4, 0.5) is 0 Å². The summed E-state index contributed by atoms with van der Waals surface area (Å²) in [6.45, 7) is 6.97. The molecule has 0 fully saturated rings. The maximum Gasteiger partial charge on any atom is 0.191 e. The molecule has 120 valence electrons. The number of nitrogens with zero attached hydrogens (tertiary/aromatic N) is 4. The minimum Gasteiger partial charge on any atom is -0.352 e. The van der Waals surface area contributed by atoms with Gasteiger partial charge in [0.25, 0.3) is 0 Å². The molecule has 6 nitrogen and oxygen atoms in total. The van der Waals surface area contributed by atoms with Crippen molar-refractivity contribution in [3.8, 4) is 5.82 Å². The normalized spacial score (nSPS) is 11.7. The molecule has 2 aromatic rings. The van der Waals surface area contributed by atoms with Crippen LogP contribution in [0.5, 0.6) is 0 Å². The van der Waals surface area contributed by atoms with E-state index >= 15 is 0 Å². The molecule has 22 heavy (non-hydrogen) atoms. The maximum absolute atomic E-state index is 4.32. The highest BCUT2D eigenvalue weighted by Crippen LogP contribution is 2.06. The Kier molecular flexibility index (Phi) is 6.79. The Morgan fingerprint density at radius 2 is 2.09 bits per heavy atom. The molecule has 0 radical (unpaired) electrons. The zero-order valence-corrected chi connectivity index (χ0v) is 15.7. The first-order valence-electron chi connectivity index (χ1n) is 6.92. The molecule has 0 bridgehead atoms. The molecular weight excluding hydrogens is 391 g/mol. The van der Waals surface area contributed by atoms with Gasteiger partial charge in [0.05, 0.1) is 0 Å². The standard InChI is InChI=1S/C15H22N6.HI/c1-15(2,3)20-14(16-4)18-11-12-6-8-17-13(10-12)21-9-5-7-19-21;/h5-10H,11H2,1-4H3,(H2,16,18,20);1H. The molecule has 7 heteroatoms. The first-order valence-corrected chi connectivity index (χ1v) is 6.92. The number of hydrogen-bond donors (Lipinski definition) is 2. The minimum absolute atomic E-state index is 0. The highest BCUT2D eigenvalue weighted by Gasteiger charge is 2.11. The third kappa shape index (κ3) is 5.63. The Bertz CT molecular complexity index is 601. The minimum atomic E-state index is -0.0275. The molecule has 0 atom stereocenters. The molecule has 0 saturated carbocycles. The average molecular weight is 414 g/mol. The fraction of sp³-hybridized carbons (Fsp3) is 0.400. The lowest BCUT2D eigenvalue weighted by molar-refractivity contribution is 0.501. The van der Waals surface area contributed by atoms with E-state index in [2.05, 4.69) is 46.5 Å². The van der Waals surface area contributed by atoms with Crippen LogP contribution in [0.25, 0.3) is 5.82 Å². The number of rotatable bonds is 3. The van der Waals surface area contributed by atoms with Crippen molar-refractivity contribution in [1.29, 1.82) is 0 Å². The fourth-order valence-electron chi connectivity index (χ4n) is 1.82. The van der Waals surface area contributed by atoms with Gasteiger partial charge in [-0.1, -0.05) is 0 Å². The summed E-state index contributed by atoms with van der Waals surface area (Å²) in [6.07, 6.45) is 5.40. The topological polar surface area (TPSA) is 67.1 Å². The van der Waals surface area contributed by atoms with E-state index < -0.39 is 0 Å². The van der Waals surface area contributed by atoms with Crippen molar-refractivity contribution in [1.82, 2.24) is 25.4 Å². The summed E-state index contributed by atoms with van der Waals surface area (Å²) in [5.74, 6) is 1.58. The molecule has 0 aliphatic heterocycles. The van der Waals surface area contributed by atoms with Crippen molar-refractivity contribution in [2.24, 2.45) is 4.99 Å². The number of hydrogen-bond acceptors (Lipinski definition) is 3. The summed E-state index contributed by atoms with van der Waals surface area (Å²) in [5, 5.41) is 10.8. The molecule has 2 aromatic heterocycles. The number of guanidine groups is 1. The third-order valence-corrected chi connectivity index (χ3v) is 2.73. The Balaban J connectivity index is 0.00000242. The van der Waals surface area contributed by atoms with Gasteiger partial charge in [-0.25, -0.2) is 9.67 Å². The second-order valence-corrected chi connectivity index (χ2v) is 5.77. The number of aliphatic imine (C=N–C) groups is 1. The zero-order chi connectivity index (χ0) is 15.3. The Hall–Kier alpha value is -1.64. The van der Waals surface area contributed by atoms with Crippen molar-refractivity contribution >= 4 is 29.9 Å². The lowest BCUT2D eigenvalue weighted by Crippen LogP contribution is -2.47. The van der Waals surface area contributed by atoms with Crippen LogP contribution in [0.3, 0.4) is 0 Å². The van der Waals surface area contributed by atoms with Gasteiger partial charge in [-0.3, -0.25) is 4.99 Å².